The topological polar surface area (TPSA) is 90.5 Å². The molecular formula is C22H23N5O3S2. The number of nitrogens with zero attached hydrogens (tertiary/aromatic N) is 4. The van der Waals surface area contributed by atoms with Crippen LogP contribution in [0.1, 0.15) is 24.0 Å². The summed E-state index contributed by atoms with van der Waals surface area (Å²) in [5, 5.41) is 14.1. The third-order valence-corrected chi connectivity index (χ3v) is 7.41. The highest BCUT2D eigenvalue weighted by Crippen LogP contribution is 2.26. The highest BCUT2D eigenvalue weighted by atomic mass is 32.2. The molecule has 1 aliphatic heterocycles. The molecule has 10 heteroatoms. The van der Waals surface area contributed by atoms with E-state index in [-0.39, 0.29) is 23.3 Å². The van der Waals surface area contributed by atoms with E-state index in [9.17, 15) is 9.59 Å². The number of thioether (sulfide) groups is 1. The Bertz CT molecular complexity index is 1370. The van der Waals surface area contributed by atoms with Crippen LogP contribution in [0.4, 0.5) is 5.69 Å². The van der Waals surface area contributed by atoms with Crippen LogP contribution in [-0.4, -0.2) is 43.5 Å². The van der Waals surface area contributed by atoms with Crippen molar-refractivity contribution in [2.24, 2.45) is 0 Å². The van der Waals surface area contributed by atoms with Gasteiger partial charge in [0.05, 0.1) is 23.9 Å². The van der Waals surface area contributed by atoms with Gasteiger partial charge in [0.2, 0.25) is 11.7 Å². The molecule has 166 valence electrons. The van der Waals surface area contributed by atoms with Gasteiger partial charge in [0.1, 0.15) is 4.70 Å². The molecule has 1 atom stereocenters. The molecule has 0 spiro atoms. The van der Waals surface area contributed by atoms with Gasteiger partial charge in [0, 0.05) is 12.3 Å². The lowest BCUT2D eigenvalue weighted by Crippen LogP contribution is -2.28. The standard InChI is InChI=1S/C22H23N5O3S2/c1-13-5-6-14(2)16(10-13)23-18(28)12-32-22-25-24-21-26(11-15-4-3-8-30-15)20(29)19-17(27(21)22)7-9-31-19/h5-7,9-10,15H,3-4,8,11-12H2,1-2H3,(H,23,28)/t15-/m0/s1. The first-order valence-corrected chi connectivity index (χ1v) is 12.3. The van der Waals surface area contributed by atoms with Crippen LogP contribution in [0.25, 0.3) is 16.0 Å². The second-order valence-electron chi connectivity index (χ2n) is 7.96. The van der Waals surface area contributed by atoms with Crippen LogP contribution in [0.2, 0.25) is 0 Å². The molecule has 1 N–H and O–H groups in total. The first-order chi connectivity index (χ1) is 15.5. The van der Waals surface area contributed by atoms with Crippen molar-refractivity contribution in [3.8, 4) is 0 Å². The number of fused-ring (bicyclic) bond motifs is 3. The van der Waals surface area contributed by atoms with Crippen molar-refractivity contribution in [2.75, 3.05) is 17.7 Å². The van der Waals surface area contributed by atoms with Gasteiger partial charge in [-0.2, -0.15) is 0 Å². The zero-order valence-corrected chi connectivity index (χ0v) is 19.5. The Kier molecular flexibility index (Phi) is 5.75. The molecule has 1 fully saturated rings. The maximum absolute atomic E-state index is 13.1. The van der Waals surface area contributed by atoms with Gasteiger partial charge >= 0.3 is 0 Å². The minimum absolute atomic E-state index is 0.00469. The van der Waals surface area contributed by atoms with Crippen molar-refractivity contribution in [1.82, 2.24) is 19.2 Å². The summed E-state index contributed by atoms with van der Waals surface area (Å²) < 4.78 is 9.92. The van der Waals surface area contributed by atoms with Gasteiger partial charge in [-0.25, -0.2) is 0 Å². The molecule has 0 unspecified atom stereocenters. The number of amides is 1. The van der Waals surface area contributed by atoms with Gasteiger partial charge in [0.25, 0.3) is 5.56 Å². The number of aryl methyl sites for hydroxylation is 2. The van der Waals surface area contributed by atoms with Gasteiger partial charge in [-0.1, -0.05) is 23.9 Å². The second kappa shape index (κ2) is 8.68. The predicted octanol–water partition coefficient (Wildman–Crippen LogP) is 3.63. The highest BCUT2D eigenvalue weighted by molar-refractivity contribution is 7.99. The molecule has 0 aliphatic carbocycles. The number of carbonyl (C=O) groups is 1. The maximum Gasteiger partial charge on any atom is 0.272 e. The average molecular weight is 470 g/mol. The number of ether oxygens (including phenoxy) is 1. The van der Waals surface area contributed by atoms with Crippen LogP contribution >= 0.6 is 23.1 Å². The fraction of sp³-hybridized carbons (Fsp3) is 0.364. The fourth-order valence-electron chi connectivity index (χ4n) is 3.94. The molecular weight excluding hydrogens is 446 g/mol. The minimum Gasteiger partial charge on any atom is -0.376 e. The van der Waals surface area contributed by atoms with E-state index in [2.05, 4.69) is 15.5 Å². The van der Waals surface area contributed by atoms with E-state index in [1.807, 2.05) is 47.9 Å². The van der Waals surface area contributed by atoms with Crippen LogP contribution in [0.15, 0.2) is 39.6 Å². The summed E-state index contributed by atoms with van der Waals surface area (Å²) in [7, 11) is 0. The van der Waals surface area contributed by atoms with E-state index in [0.717, 1.165) is 41.8 Å². The van der Waals surface area contributed by atoms with Gasteiger partial charge in [-0.3, -0.25) is 18.6 Å². The molecule has 0 bridgehead atoms. The summed E-state index contributed by atoms with van der Waals surface area (Å²) in [5.41, 5.74) is 3.61. The minimum atomic E-state index is -0.116. The quantitative estimate of drug-likeness (QED) is 0.434. The lowest BCUT2D eigenvalue weighted by molar-refractivity contribution is -0.113. The molecule has 0 saturated carbocycles. The zero-order chi connectivity index (χ0) is 22.2. The number of benzene rings is 1. The van der Waals surface area contributed by atoms with E-state index in [0.29, 0.717) is 22.2 Å². The van der Waals surface area contributed by atoms with E-state index in [1.165, 1.54) is 23.1 Å². The summed E-state index contributed by atoms with van der Waals surface area (Å²) in [6.45, 7) is 5.13. The Morgan fingerprint density at radius 3 is 3.00 bits per heavy atom. The molecule has 3 aromatic heterocycles. The number of aromatic nitrogens is 4. The SMILES string of the molecule is Cc1ccc(C)c(NC(=O)CSc2nnc3n(C[C@@H]4CCCO4)c(=O)c4sccc4n23)c1. The molecule has 1 aliphatic rings. The molecule has 1 saturated heterocycles. The molecule has 4 aromatic rings. The molecule has 4 heterocycles. The Morgan fingerprint density at radius 2 is 2.19 bits per heavy atom. The van der Waals surface area contributed by atoms with Gasteiger partial charge < -0.3 is 10.1 Å². The van der Waals surface area contributed by atoms with Crippen molar-refractivity contribution in [3.05, 3.63) is 51.1 Å². The van der Waals surface area contributed by atoms with Crippen LogP contribution in [0.3, 0.4) is 0 Å². The summed E-state index contributed by atoms with van der Waals surface area (Å²) in [6, 6.07) is 7.87. The van der Waals surface area contributed by atoms with Crippen LogP contribution in [0, 0.1) is 13.8 Å². The third kappa shape index (κ3) is 3.94. The lowest BCUT2D eigenvalue weighted by atomic mass is 10.1. The van der Waals surface area contributed by atoms with Gasteiger partial charge in [-0.05, 0) is 55.3 Å². The largest absolute Gasteiger partial charge is 0.376 e. The smallest absolute Gasteiger partial charge is 0.272 e. The Balaban J connectivity index is 1.43. The number of carbonyl (C=O) groups excluding carboxylic acids is 1. The zero-order valence-electron chi connectivity index (χ0n) is 17.8. The van der Waals surface area contributed by atoms with Crippen LogP contribution in [0.5, 0.6) is 0 Å². The first kappa shape index (κ1) is 21.2. The Labute approximate surface area is 192 Å². The number of rotatable bonds is 6. The first-order valence-electron chi connectivity index (χ1n) is 10.5. The molecule has 0 radical (unpaired) electrons. The lowest BCUT2D eigenvalue weighted by Gasteiger charge is -2.13. The summed E-state index contributed by atoms with van der Waals surface area (Å²) in [4.78, 5) is 25.7. The number of nitrogens with one attached hydrogen (secondary N) is 1. The predicted molar refractivity (Wildman–Crippen MR) is 127 cm³/mol. The number of thiophene rings is 1. The second-order valence-corrected chi connectivity index (χ2v) is 9.82. The van der Waals surface area contributed by atoms with Crippen molar-refractivity contribution in [3.63, 3.8) is 0 Å². The van der Waals surface area contributed by atoms with Crippen LogP contribution < -0.4 is 10.9 Å². The van der Waals surface area contributed by atoms with E-state index >= 15 is 0 Å². The highest BCUT2D eigenvalue weighted by Gasteiger charge is 2.23. The maximum atomic E-state index is 13.1. The normalized spacial score (nSPS) is 16.2. The average Bonchev–Trinajstić information content (AvgIpc) is 3.52. The Morgan fingerprint density at radius 1 is 1.31 bits per heavy atom. The molecule has 5 rings (SSSR count). The van der Waals surface area contributed by atoms with Gasteiger partial charge in [-0.15, -0.1) is 21.5 Å². The van der Waals surface area contributed by atoms with Crippen molar-refractivity contribution >= 4 is 50.7 Å². The van der Waals surface area contributed by atoms with Crippen LogP contribution in [-0.2, 0) is 16.1 Å². The Hall–Kier alpha value is -2.69. The number of hydrogen-bond acceptors (Lipinski definition) is 7. The van der Waals surface area contributed by atoms with Crippen molar-refractivity contribution in [2.45, 2.75) is 44.5 Å². The third-order valence-electron chi connectivity index (χ3n) is 5.59. The summed E-state index contributed by atoms with van der Waals surface area (Å²) >= 11 is 2.71. The van der Waals surface area contributed by atoms with Gasteiger partial charge in [0.15, 0.2) is 5.16 Å². The molecule has 1 aromatic carbocycles. The van der Waals surface area contributed by atoms with E-state index < -0.39 is 0 Å². The number of anilines is 1. The number of hydrogen-bond donors (Lipinski definition) is 1. The molecule has 1 amide bonds. The summed E-state index contributed by atoms with van der Waals surface area (Å²) in [5.74, 6) is 0.550. The van der Waals surface area contributed by atoms with Crippen molar-refractivity contribution in [1.29, 1.82) is 0 Å². The van der Waals surface area contributed by atoms with E-state index in [4.69, 9.17) is 4.74 Å². The van der Waals surface area contributed by atoms with Crippen molar-refractivity contribution < 1.29 is 9.53 Å². The molecule has 32 heavy (non-hydrogen) atoms. The fourth-order valence-corrected chi connectivity index (χ4v) is 5.50. The summed E-state index contributed by atoms with van der Waals surface area (Å²) in [6.07, 6.45) is 1.93. The monoisotopic (exact) mass is 469 g/mol. The van der Waals surface area contributed by atoms with E-state index in [1.54, 1.807) is 4.57 Å². The molecule has 8 nitrogen and oxygen atoms in total.